The number of hydrogen-bond donors (Lipinski definition) is 2. The van der Waals surface area contributed by atoms with Gasteiger partial charge in [-0.15, -0.1) is 12.4 Å². The summed E-state index contributed by atoms with van der Waals surface area (Å²) in [4.78, 5) is 26.0. The van der Waals surface area contributed by atoms with Crippen molar-refractivity contribution in [1.29, 1.82) is 0 Å². The number of hydrogen-bond acceptors (Lipinski definition) is 4. The Labute approximate surface area is 143 Å². The zero-order chi connectivity index (χ0) is 16.3. The molecule has 1 unspecified atom stereocenters. The number of nitrogens with zero attached hydrogens (tertiary/aromatic N) is 1. The molecule has 1 atom stereocenters. The Balaban J connectivity index is 0.00000264. The highest BCUT2D eigenvalue weighted by atomic mass is 35.5. The predicted octanol–water partition coefficient (Wildman–Crippen LogP) is 1.78. The van der Waals surface area contributed by atoms with Crippen molar-refractivity contribution in [2.45, 2.75) is 52.1 Å². The van der Waals surface area contributed by atoms with Crippen LogP contribution in [-0.2, 0) is 4.79 Å². The van der Waals surface area contributed by atoms with E-state index in [-0.39, 0.29) is 36.3 Å². The third kappa shape index (κ3) is 5.25. The molecule has 130 valence electrons. The molecule has 1 aromatic heterocycles. The summed E-state index contributed by atoms with van der Waals surface area (Å²) in [6.45, 7) is 6.78. The Morgan fingerprint density at radius 3 is 2.48 bits per heavy atom. The first kappa shape index (κ1) is 19.5. The van der Waals surface area contributed by atoms with Gasteiger partial charge in [0.2, 0.25) is 5.91 Å². The highest BCUT2D eigenvalue weighted by molar-refractivity contribution is 5.95. The number of nitrogens with one attached hydrogen (secondary N) is 1. The van der Waals surface area contributed by atoms with E-state index in [4.69, 9.17) is 10.2 Å². The van der Waals surface area contributed by atoms with Crippen LogP contribution < -0.4 is 11.1 Å². The fraction of sp³-hybridized carbons (Fsp3) is 0.625. The second-order valence-corrected chi connectivity index (χ2v) is 6.14. The van der Waals surface area contributed by atoms with Gasteiger partial charge in [-0.2, -0.15) is 0 Å². The lowest BCUT2D eigenvalue weighted by atomic mass is 10.0. The number of likely N-dealkylation sites (tertiary alicyclic amines) is 1. The topological polar surface area (TPSA) is 88.6 Å². The van der Waals surface area contributed by atoms with Gasteiger partial charge in [-0.3, -0.25) is 9.59 Å². The summed E-state index contributed by atoms with van der Waals surface area (Å²) in [5.74, 6) is 1.37. The zero-order valence-corrected chi connectivity index (χ0v) is 14.7. The minimum atomic E-state index is -0.114. The highest BCUT2D eigenvalue weighted by Gasteiger charge is 2.25. The highest BCUT2D eigenvalue weighted by Crippen LogP contribution is 2.16. The van der Waals surface area contributed by atoms with E-state index >= 15 is 0 Å². The van der Waals surface area contributed by atoms with Crippen LogP contribution in [0.5, 0.6) is 0 Å². The number of piperidine rings is 1. The van der Waals surface area contributed by atoms with Crippen molar-refractivity contribution in [3.63, 3.8) is 0 Å². The molecular formula is C16H26ClN3O3. The molecule has 0 aliphatic carbocycles. The molecule has 0 radical (unpaired) electrons. The Hall–Kier alpha value is -1.53. The second kappa shape index (κ2) is 8.36. The molecule has 23 heavy (non-hydrogen) atoms. The lowest BCUT2D eigenvalue weighted by Gasteiger charge is -2.32. The molecule has 2 heterocycles. The van der Waals surface area contributed by atoms with Gasteiger partial charge in [0.1, 0.15) is 11.5 Å². The number of carbonyl (C=O) groups is 2. The summed E-state index contributed by atoms with van der Waals surface area (Å²) >= 11 is 0. The number of furan rings is 1. The summed E-state index contributed by atoms with van der Waals surface area (Å²) in [6.07, 6.45) is 1.92. The van der Waals surface area contributed by atoms with Crippen LogP contribution in [0, 0.1) is 13.8 Å². The number of amides is 2. The van der Waals surface area contributed by atoms with Gasteiger partial charge in [0.15, 0.2) is 0 Å². The minimum absolute atomic E-state index is 0. The van der Waals surface area contributed by atoms with E-state index in [1.165, 1.54) is 0 Å². The van der Waals surface area contributed by atoms with Crippen LogP contribution >= 0.6 is 12.4 Å². The van der Waals surface area contributed by atoms with Gasteiger partial charge in [-0.05, 0) is 39.7 Å². The minimum Gasteiger partial charge on any atom is -0.466 e. The summed E-state index contributed by atoms with van der Waals surface area (Å²) < 4.78 is 5.38. The molecule has 3 N–H and O–H groups in total. The molecular weight excluding hydrogens is 318 g/mol. The standard InChI is InChI=1S/C16H25N3O3.ClH/c1-10(17)8-15(20)19-6-4-13(5-7-19)18-16(21)14-9-11(2)22-12(14)3;/h9-10,13H,4-8,17H2,1-3H3,(H,18,21);1H. The summed E-state index contributed by atoms with van der Waals surface area (Å²) in [5, 5.41) is 3.03. The van der Waals surface area contributed by atoms with Gasteiger partial charge in [-0.1, -0.05) is 0 Å². The quantitative estimate of drug-likeness (QED) is 0.872. The smallest absolute Gasteiger partial charge is 0.255 e. The lowest BCUT2D eigenvalue weighted by molar-refractivity contribution is -0.132. The zero-order valence-electron chi connectivity index (χ0n) is 13.9. The fourth-order valence-electron chi connectivity index (χ4n) is 2.80. The van der Waals surface area contributed by atoms with Crippen LogP contribution in [0.15, 0.2) is 10.5 Å². The van der Waals surface area contributed by atoms with Gasteiger partial charge in [-0.25, -0.2) is 0 Å². The maximum absolute atomic E-state index is 12.2. The van der Waals surface area contributed by atoms with Gasteiger partial charge in [0, 0.05) is 31.6 Å². The van der Waals surface area contributed by atoms with E-state index in [0.29, 0.717) is 30.8 Å². The van der Waals surface area contributed by atoms with Crippen molar-refractivity contribution in [1.82, 2.24) is 10.2 Å². The summed E-state index contributed by atoms with van der Waals surface area (Å²) in [7, 11) is 0. The first-order valence-electron chi connectivity index (χ1n) is 7.78. The average Bonchev–Trinajstić information content (AvgIpc) is 2.78. The van der Waals surface area contributed by atoms with Crippen molar-refractivity contribution < 1.29 is 14.0 Å². The van der Waals surface area contributed by atoms with Crippen molar-refractivity contribution >= 4 is 24.2 Å². The molecule has 1 aromatic rings. The van der Waals surface area contributed by atoms with Crippen LogP contribution in [0.1, 0.15) is 48.1 Å². The third-order valence-corrected chi connectivity index (χ3v) is 3.97. The maximum Gasteiger partial charge on any atom is 0.255 e. The first-order valence-corrected chi connectivity index (χ1v) is 7.78. The largest absolute Gasteiger partial charge is 0.466 e. The van der Waals surface area contributed by atoms with E-state index in [0.717, 1.165) is 18.6 Å². The molecule has 0 bridgehead atoms. The van der Waals surface area contributed by atoms with E-state index in [9.17, 15) is 9.59 Å². The van der Waals surface area contributed by atoms with Gasteiger partial charge in [0.05, 0.1) is 5.56 Å². The summed E-state index contributed by atoms with van der Waals surface area (Å²) in [6, 6.07) is 1.74. The number of halogens is 1. The first-order chi connectivity index (χ1) is 10.4. The SMILES string of the molecule is Cc1cc(C(=O)NC2CCN(C(=O)CC(C)N)CC2)c(C)o1.Cl. The van der Waals surface area contributed by atoms with Crippen molar-refractivity contribution in [3.8, 4) is 0 Å². The van der Waals surface area contributed by atoms with Crippen LogP contribution in [-0.4, -0.2) is 41.9 Å². The van der Waals surface area contributed by atoms with E-state index < -0.39 is 0 Å². The second-order valence-electron chi connectivity index (χ2n) is 6.14. The number of rotatable bonds is 4. The monoisotopic (exact) mass is 343 g/mol. The fourth-order valence-corrected chi connectivity index (χ4v) is 2.80. The molecule has 0 spiro atoms. The van der Waals surface area contributed by atoms with Crippen molar-refractivity contribution in [2.24, 2.45) is 5.73 Å². The van der Waals surface area contributed by atoms with Gasteiger partial charge < -0.3 is 20.4 Å². The Morgan fingerprint density at radius 1 is 1.39 bits per heavy atom. The van der Waals surface area contributed by atoms with Crippen LogP contribution in [0.3, 0.4) is 0 Å². The number of aryl methyl sites for hydroxylation is 2. The number of nitrogens with two attached hydrogens (primary N) is 1. The average molecular weight is 344 g/mol. The third-order valence-electron chi connectivity index (χ3n) is 3.97. The van der Waals surface area contributed by atoms with Gasteiger partial charge in [0.25, 0.3) is 5.91 Å². The molecule has 1 aliphatic heterocycles. The normalized spacial score (nSPS) is 16.6. The van der Waals surface area contributed by atoms with Crippen molar-refractivity contribution in [2.75, 3.05) is 13.1 Å². The maximum atomic E-state index is 12.2. The van der Waals surface area contributed by atoms with E-state index in [1.54, 1.807) is 13.0 Å². The molecule has 2 rings (SSSR count). The Morgan fingerprint density at radius 2 is 2.00 bits per heavy atom. The molecule has 1 saturated heterocycles. The molecule has 2 amide bonds. The molecule has 6 nitrogen and oxygen atoms in total. The van der Waals surface area contributed by atoms with E-state index in [1.807, 2.05) is 18.7 Å². The number of carbonyl (C=O) groups excluding carboxylic acids is 2. The lowest BCUT2D eigenvalue weighted by Crippen LogP contribution is -2.47. The predicted molar refractivity (Wildman–Crippen MR) is 90.8 cm³/mol. The van der Waals surface area contributed by atoms with Crippen LogP contribution in [0.25, 0.3) is 0 Å². The van der Waals surface area contributed by atoms with E-state index in [2.05, 4.69) is 5.32 Å². The summed E-state index contributed by atoms with van der Waals surface area (Å²) in [5.41, 5.74) is 6.25. The Kier molecular flexibility index (Phi) is 7.09. The molecule has 1 fully saturated rings. The molecule has 1 aliphatic rings. The van der Waals surface area contributed by atoms with Crippen LogP contribution in [0.4, 0.5) is 0 Å². The molecule has 0 aromatic carbocycles. The molecule has 7 heteroatoms. The van der Waals surface area contributed by atoms with Gasteiger partial charge >= 0.3 is 0 Å². The van der Waals surface area contributed by atoms with Crippen LogP contribution in [0.2, 0.25) is 0 Å². The Bertz CT molecular complexity index is 549. The van der Waals surface area contributed by atoms with Crippen molar-refractivity contribution in [3.05, 3.63) is 23.2 Å². The molecule has 0 saturated carbocycles.